The lowest BCUT2D eigenvalue weighted by molar-refractivity contribution is -0.137. The van der Waals surface area contributed by atoms with Crippen LogP contribution in [0.4, 0.5) is 0 Å². The summed E-state index contributed by atoms with van der Waals surface area (Å²) in [5.74, 6) is -0.142. The Morgan fingerprint density at radius 1 is 1.25 bits per heavy atom. The molecule has 4 nitrogen and oxygen atoms in total. The molecule has 0 spiro atoms. The highest BCUT2D eigenvalue weighted by atomic mass is 16.6. The van der Waals surface area contributed by atoms with Gasteiger partial charge in [0.1, 0.15) is 5.76 Å². The Morgan fingerprint density at radius 3 is 2.71 bits per heavy atom. The van der Waals surface area contributed by atoms with E-state index in [4.69, 9.17) is 9.47 Å². The monoisotopic (exact) mass is 322 g/mol. The van der Waals surface area contributed by atoms with Gasteiger partial charge >= 0.3 is 0 Å². The third-order valence-corrected chi connectivity index (χ3v) is 5.14. The van der Waals surface area contributed by atoms with Gasteiger partial charge in [-0.2, -0.15) is 0 Å². The maximum Gasteiger partial charge on any atom is 0.199 e. The second-order valence-electron chi connectivity index (χ2n) is 6.67. The summed E-state index contributed by atoms with van der Waals surface area (Å²) < 4.78 is 11.9. The summed E-state index contributed by atoms with van der Waals surface area (Å²) in [4.78, 5) is 24.9. The van der Waals surface area contributed by atoms with E-state index in [0.29, 0.717) is 11.3 Å². The fraction of sp³-hybridized carbons (Fsp3) is 0.300. The molecular weight excluding hydrogens is 304 g/mol. The van der Waals surface area contributed by atoms with Crippen LogP contribution in [0.1, 0.15) is 19.4 Å². The molecule has 1 aromatic rings. The van der Waals surface area contributed by atoms with E-state index in [1.807, 2.05) is 43.3 Å². The molecule has 0 N–H and O–H groups in total. The van der Waals surface area contributed by atoms with Crippen molar-refractivity contribution >= 4 is 17.6 Å². The van der Waals surface area contributed by atoms with Gasteiger partial charge in [0.05, 0.1) is 23.7 Å². The van der Waals surface area contributed by atoms with Crippen LogP contribution in [-0.2, 0) is 19.1 Å². The van der Waals surface area contributed by atoms with E-state index in [9.17, 15) is 9.59 Å². The van der Waals surface area contributed by atoms with E-state index in [1.54, 1.807) is 12.2 Å². The number of hydrogen-bond acceptors (Lipinski definition) is 4. The lowest BCUT2D eigenvalue weighted by atomic mass is 9.70. The molecule has 4 heteroatoms. The molecule has 0 radical (unpaired) electrons. The molecule has 3 aliphatic rings. The fourth-order valence-corrected chi connectivity index (χ4v) is 3.87. The van der Waals surface area contributed by atoms with E-state index in [0.717, 1.165) is 5.56 Å². The molecule has 0 bridgehead atoms. The van der Waals surface area contributed by atoms with Gasteiger partial charge in [0.15, 0.2) is 17.2 Å². The average Bonchev–Trinajstić information content (AvgIpc) is 3.08. The summed E-state index contributed by atoms with van der Waals surface area (Å²) in [6.45, 7) is 3.56. The molecule has 1 aliphatic carbocycles. The second kappa shape index (κ2) is 5.02. The van der Waals surface area contributed by atoms with E-state index >= 15 is 0 Å². The van der Waals surface area contributed by atoms with Crippen molar-refractivity contribution < 1.29 is 19.1 Å². The van der Waals surface area contributed by atoms with Crippen LogP contribution in [0.15, 0.2) is 59.9 Å². The molecule has 1 saturated heterocycles. The van der Waals surface area contributed by atoms with Gasteiger partial charge in [0.25, 0.3) is 0 Å². The van der Waals surface area contributed by atoms with Gasteiger partial charge in [-0.05, 0) is 37.6 Å². The summed E-state index contributed by atoms with van der Waals surface area (Å²) >= 11 is 0. The first-order valence-corrected chi connectivity index (χ1v) is 8.01. The highest BCUT2D eigenvalue weighted by Crippen LogP contribution is 2.55. The third-order valence-electron chi connectivity index (χ3n) is 5.14. The topological polar surface area (TPSA) is 52.6 Å². The van der Waals surface area contributed by atoms with Crippen molar-refractivity contribution in [3.63, 3.8) is 0 Å². The van der Waals surface area contributed by atoms with Crippen molar-refractivity contribution in [3.05, 3.63) is 65.5 Å². The van der Waals surface area contributed by atoms with Crippen LogP contribution in [0.3, 0.4) is 0 Å². The van der Waals surface area contributed by atoms with E-state index in [1.165, 1.54) is 13.0 Å². The minimum absolute atomic E-state index is 0.111. The molecule has 0 aromatic heterocycles. The predicted octanol–water partition coefficient (Wildman–Crippen LogP) is 2.86. The first kappa shape index (κ1) is 15.1. The highest BCUT2D eigenvalue weighted by Gasteiger charge is 2.67. The van der Waals surface area contributed by atoms with Gasteiger partial charge in [-0.25, -0.2) is 0 Å². The molecule has 3 atom stereocenters. The summed E-state index contributed by atoms with van der Waals surface area (Å²) in [7, 11) is 0. The van der Waals surface area contributed by atoms with Gasteiger partial charge < -0.3 is 9.47 Å². The number of ether oxygens (including phenoxy) is 2. The lowest BCUT2D eigenvalue weighted by Gasteiger charge is -2.32. The zero-order valence-corrected chi connectivity index (χ0v) is 13.6. The van der Waals surface area contributed by atoms with Crippen LogP contribution < -0.4 is 0 Å². The largest absolute Gasteiger partial charge is 0.476 e. The van der Waals surface area contributed by atoms with Crippen LogP contribution >= 0.6 is 0 Å². The quantitative estimate of drug-likeness (QED) is 0.859. The minimum Gasteiger partial charge on any atom is -0.476 e. The number of allylic oxidation sites excluding steroid dienone is 2. The van der Waals surface area contributed by atoms with Gasteiger partial charge in [0, 0.05) is 0 Å². The summed E-state index contributed by atoms with van der Waals surface area (Å²) in [6, 6.07) is 9.76. The molecule has 1 aromatic carbocycles. The van der Waals surface area contributed by atoms with Gasteiger partial charge in [-0.15, -0.1) is 0 Å². The third kappa shape index (κ3) is 1.96. The Balaban J connectivity index is 1.81. The normalized spacial score (nSPS) is 33.9. The highest BCUT2D eigenvalue weighted by molar-refractivity contribution is 6.09. The molecule has 1 fully saturated rings. The molecule has 0 saturated carbocycles. The number of benzene rings is 1. The van der Waals surface area contributed by atoms with Gasteiger partial charge in [0.2, 0.25) is 0 Å². The summed E-state index contributed by atoms with van der Waals surface area (Å²) in [6.07, 6.45) is 6.95. The Morgan fingerprint density at radius 2 is 2.00 bits per heavy atom. The first-order chi connectivity index (χ1) is 11.5. The smallest absolute Gasteiger partial charge is 0.199 e. The molecular formula is C20H18O4. The molecule has 2 heterocycles. The summed E-state index contributed by atoms with van der Waals surface area (Å²) in [5.41, 5.74) is -0.237. The van der Waals surface area contributed by atoms with Crippen LogP contribution in [0.25, 0.3) is 6.08 Å². The first-order valence-electron chi connectivity index (χ1n) is 8.01. The van der Waals surface area contributed by atoms with Crippen molar-refractivity contribution in [1.29, 1.82) is 0 Å². The van der Waals surface area contributed by atoms with Crippen LogP contribution in [0.5, 0.6) is 0 Å². The standard InChI is InChI=1S/C20H18O4/c1-13(21)20-12-23-19(2)11-10-15(22)17(18(19)20)16(24-20)9-8-14-6-4-3-5-7-14/h3-11,18H,12H2,1-2H3/b9-8+/t18-,19+,20-/m1/s1. The van der Waals surface area contributed by atoms with Crippen LogP contribution in [-0.4, -0.2) is 29.4 Å². The van der Waals surface area contributed by atoms with Gasteiger partial charge in [-0.3, -0.25) is 9.59 Å². The fourth-order valence-electron chi connectivity index (χ4n) is 3.87. The Labute approximate surface area is 140 Å². The Kier molecular flexibility index (Phi) is 3.15. The minimum atomic E-state index is -1.10. The number of carbonyl (C=O) groups is 2. The number of carbonyl (C=O) groups excluding carboxylic acids is 2. The summed E-state index contributed by atoms with van der Waals surface area (Å²) in [5, 5.41) is 0. The number of Topliss-reactive ketones (excluding diaryl/α,β-unsaturated/α-hetero) is 1. The SMILES string of the molecule is CC(=O)[C@@]12CO[C@@]3(C)C=CC(=O)C(=C(/C=C/c4ccccc4)O1)[C@H]32. The molecule has 0 unspecified atom stereocenters. The molecule has 4 rings (SSSR count). The van der Waals surface area contributed by atoms with E-state index in [-0.39, 0.29) is 18.2 Å². The van der Waals surface area contributed by atoms with Crippen molar-refractivity contribution in [2.24, 2.45) is 5.92 Å². The predicted molar refractivity (Wildman–Crippen MR) is 89.0 cm³/mol. The lowest BCUT2D eigenvalue weighted by Crippen LogP contribution is -2.48. The molecule has 24 heavy (non-hydrogen) atoms. The molecule has 122 valence electrons. The Hall–Kier alpha value is -2.46. The van der Waals surface area contributed by atoms with Crippen LogP contribution in [0.2, 0.25) is 0 Å². The maximum absolute atomic E-state index is 12.5. The molecule has 0 amide bonds. The zero-order valence-electron chi connectivity index (χ0n) is 13.6. The van der Waals surface area contributed by atoms with Crippen LogP contribution in [0, 0.1) is 5.92 Å². The van der Waals surface area contributed by atoms with Crippen molar-refractivity contribution in [3.8, 4) is 0 Å². The number of rotatable bonds is 3. The molecule has 2 aliphatic heterocycles. The average molecular weight is 322 g/mol. The second-order valence-corrected chi connectivity index (χ2v) is 6.67. The Bertz CT molecular complexity index is 817. The number of ketones is 2. The maximum atomic E-state index is 12.5. The van der Waals surface area contributed by atoms with Crippen molar-refractivity contribution in [2.75, 3.05) is 6.61 Å². The zero-order chi connectivity index (χ0) is 16.9. The van der Waals surface area contributed by atoms with Crippen molar-refractivity contribution in [1.82, 2.24) is 0 Å². The van der Waals surface area contributed by atoms with Gasteiger partial charge in [-0.1, -0.05) is 36.4 Å². The van der Waals surface area contributed by atoms with E-state index in [2.05, 4.69) is 0 Å². The number of hydrogen-bond donors (Lipinski definition) is 0. The van der Waals surface area contributed by atoms with E-state index < -0.39 is 17.1 Å². The van der Waals surface area contributed by atoms with Crippen molar-refractivity contribution in [2.45, 2.75) is 25.0 Å².